The fraction of sp³-hybridized carbons (Fsp3) is 0.348. The van der Waals surface area contributed by atoms with Crippen LogP contribution in [0.4, 0.5) is 10.6 Å². The first-order chi connectivity index (χ1) is 15.8. The van der Waals surface area contributed by atoms with E-state index in [1.807, 2.05) is 6.07 Å². The molecule has 0 bridgehead atoms. The van der Waals surface area contributed by atoms with Crippen LogP contribution in [0.3, 0.4) is 0 Å². The highest BCUT2D eigenvalue weighted by Gasteiger charge is 2.29. The molecule has 0 atom stereocenters. The minimum Gasteiger partial charge on any atom is -0.494 e. The highest BCUT2D eigenvalue weighted by molar-refractivity contribution is 5.98. The summed E-state index contributed by atoms with van der Waals surface area (Å²) in [4.78, 5) is 39.6. The molecule has 172 valence electrons. The van der Waals surface area contributed by atoms with Gasteiger partial charge >= 0.3 is 6.03 Å². The monoisotopic (exact) mass is 450 g/mol. The van der Waals surface area contributed by atoms with Crippen LogP contribution >= 0.6 is 0 Å². The van der Waals surface area contributed by atoms with Crippen LogP contribution in [-0.4, -0.2) is 69.7 Å². The summed E-state index contributed by atoms with van der Waals surface area (Å²) in [5.74, 6) is 0.512. The summed E-state index contributed by atoms with van der Waals surface area (Å²) < 4.78 is 5.47. The number of fused-ring (bicyclic) bond motifs is 1. The van der Waals surface area contributed by atoms with Gasteiger partial charge in [0.15, 0.2) is 5.82 Å². The number of rotatable bonds is 4. The number of piperidine rings is 1. The second-order valence-electron chi connectivity index (χ2n) is 8.19. The Morgan fingerprint density at radius 2 is 1.91 bits per heavy atom. The smallest absolute Gasteiger partial charge is 0.323 e. The summed E-state index contributed by atoms with van der Waals surface area (Å²) in [6.45, 7) is 2.70. The Morgan fingerprint density at radius 1 is 1.15 bits per heavy atom. The lowest BCUT2D eigenvalue weighted by Gasteiger charge is -2.35. The molecule has 1 aliphatic rings. The lowest BCUT2D eigenvalue weighted by atomic mass is 9.94. The Kier molecular flexibility index (Phi) is 6.10. The molecular weight excluding hydrogens is 424 g/mol. The SMILES string of the molecule is CNC(=O)c1cc(-c2ccc(OC)c3nc(NC(=O)N4CCC(C)(O)CC4)cnc23)ccn1. The number of ether oxygens (including phenoxy) is 1. The van der Waals surface area contributed by atoms with Gasteiger partial charge in [0.1, 0.15) is 22.5 Å². The quantitative estimate of drug-likeness (QED) is 0.557. The van der Waals surface area contributed by atoms with Gasteiger partial charge in [-0.2, -0.15) is 0 Å². The predicted molar refractivity (Wildman–Crippen MR) is 123 cm³/mol. The Labute approximate surface area is 191 Å². The summed E-state index contributed by atoms with van der Waals surface area (Å²) in [7, 11) is 3.09. The van der Waals surface area contributed by atoms with Crippen molar-refractivity contribution in [2.45, 2.75) is 25.4 Å². The lowest BCUT2D eigenvalue weighted by molar-refractivity contribution is 0.00569. The molecule has 10 heteroatoms. The van der Waals surface area contributed by atoms with Crippen molar-refractivity contribution in [2.24, 2.45) is 0 Å². The Morgan fingerprint density at radius 3 is 2.61 bits per heavy atom. The largest absolute Gasteiger partial charge is 0.494 e. The van der Waals surface area contributed by atoms with Crippen LogP contribution in [0.5, 0.6) is 5.75 Å². The number of hydrogen-bond donors (Lipinski definition) is 3. The molecule has 3 N–H and O–H groups in total. The normalized spacial score (nSPS) is 15.2. The average Bonchev–Trinajstić information content (AvgIpc) is 2.82. The lowest BCUT2D eigenvalue weighted by Crippen LogP contribution is -2.46. The molecule has 0 saturated carbocycles. The van der Waals surface area contributed by atoms with Crippen molar-refractivity contribution in [3.63, 3.8) is 0 Å². The number of nitrogens with zero attached hydrogens (tertiary/aromatic N) is 4. The number of nitrogens with one attached hydrogen (secondary N) is 2. The number of benzene rings is 1. The zero-order valence-corrected chi connectivity index (χ0v) is 18.8. The predicted octanol–water partition coefficient (Wildman–Crippen LogP) is 2.44. The number of carbonyl (C=O) groups is 2. The van der Waals surface area contributed by atoms with Crippen molar-refractivity contribution >= 4 is 28.8 Å². The highest BCUT2D eigenvalue weighted by atomic mass is 16.5. The van der Waals surface area contributed by atoms with Crippen LogP contribution < -0.4 is 15.4 Å². The molecule has 1 aromatic carbocycles. The van der Waals surface area contributed by atoms with E-state index in [1.54, 1.807) is 43.3 Å². The minimum absolute atomic E-state index is 0.287. The fourth-order valence-corrected chi connectivity index (χ4v) is 3.76. The van der Waals surface area contributed by atoms with E-state index in [9.17, 15) is 14.7 Å². The highest BCUT2D eigenvalue weighted by Crippen LogP contribution is 2.33. The van der Waals surface area contributed by atoms with Gasteiger partial charge in [-0.1, -0.05) is 0 Å². The molecular formula is C23H26N6O4. The van der Waals surface area contributed by atoms with Crippen LogP contribution in [0, 0.1) is 0 Å². The van der Waals surface area contributed by atoms with E-state index in [2.05, 4.69) is 25.6 Å². The van der Waals surface area contributed by atoms with Crippen LogP contribution in [0.1, 0.15) is 30.3 Å². The molecule has 33 heavy (non-hydrogen) atoms. The number of amides is 3. The Balaban J connectivity index is 1.65. The van der Waals surface area contributed by atoms with Crippen LogP contribution in [0.2, 0.25) is 0 Å². The number of likely N-dealkylation sites (tertiary alicyclic amines) is 1. The van der Waals surface area contributed by atoms with Gasteiger partial charge in [0, 0.05) is 31.9 Å². The summed E-state index contributed by atoms with van der Waals surface area (Å²) in [5, 5.41) is 15.5. The van der Waals surface area contributed by atoms with Crippen LogP contribution in [0.25, 0.3) is 22.2 Å². The molecule has 1 fully saturated rings. The second kappa shape index (κ2) is 8.99. The summed E-state index contributed by atoms with van der Waals surface area (Å²) in [6.07, 6.45) is 4.09. The Hall–Kier alpha value is -3.79. The molecule has 0 unspecified atom stereocenters. The standard InChI is InChI=1S/C23H26N6O4/c1-23(32)7-10-29(11-8-23)22(31)28-18-13-26-19-15(4-5-17(33-3)20(19)27-18)14-6-9-25-16(12-14)21(30)24-2/h4-6,9,12-13,32H,7-8,10-11H2,1-3H3,(H,24,30)(H,27,28,31). The van der Waals surface area contributed by atoms with Crippen molar-refractivity contribution in [2.75, 3.05) is 32.6 Å². The van der Waals surface area contributed by atoms with E-state index in [4.69, 9.17) is 4.74 Å². The van der Waals surface area contributed by atoms with Crippen molar-refractivity contribution in [1.29, 1.82) is 0 Å². The zero-order chi connectivity index (χ0) is 23.6. The van der Waals surface area contributed by atoms with Crippen molar-refractivity contribution in [3.05, 3.63) is 42.4 Å². The average molecular weight is 450 g/mol. The molecule has 0 radical (unpaired) electrons. The molecule has 10 nitrogen and oxygen atoms in total. The van der Waals surface area contributed by atoms with Gasteiger partial charge in [-0.25, -0.2) is 14.8 Å². The summed E-state index contributed by atoms with van der Waals surface area (Å²) in [5.41, 5.74) is 2.10. The third-order valence-electron chi connectivity index (χ3n) is 5.78. The van der Waals surface area contributed by atoms with Crippen molar-refractivity contribution in [1.82, 2.24) is 25.2 Å². The van der Waals surface area contributed by atoms with E-state index in [0.717, 1.165) is 11.1 Å². The van der Waals surface area contributed by atoms with Gasteiger partial charge in [-0.05, 0) is 49.6 Å². The number of hydrogen-bond acceptors (Lipinski definition) is 7. The first-order valence-electron chi connectivity index (χ1n) is 10.6. The molecule has 2 aromatic heterocycles. The molecule has 1 aliphatic heterocycles. The fourth-order valence-electron chi connectivity index (χ4n) is 3.76. The summed E-state index contributed by atoms with van der Waals surface area (Å²) in [6, 6.07) is 6.79. The first kappa shape index (κ1) is 22.4. The third kappa shape index (κ3) is 4.70. The second-order valence-corrected chi connectivity index (χ2v) is 8.19. The summed E-state index contributed by atoms with van der Waals surface area (Å²) >= 11 is 0. The molecule has 3 amide bonds. The topological polar surface area (TPSA) is 130 Å². The maximum Gasteiger partial charge on any atom is 0.323 e. The number of urea groups is 1. The number of carbonyl (C=O) groups excluding carboxylic acids is 2. The number of anilines is 1. The molecule has 0 aliphatic carbocycles. The minimum atomic E-state index is -0.742. The molecule has 3 heterocycles. The number of methoxy groups -OCH3 is 1. The van der Waals surface area contributed by atoms with E-state index in [0.29, 0.717) is 48.5 Å². The van der Waals surface area contributed by atoms with Gasteiger partial charge in [0.05, 0.1) is 18.9 Å². The van der Waals surface area contributed by atoms with Crippen molar-refractivity contribution in [3.8, 4) is 16.9 Å². The number of aliphatic hydroxyl groups is 1. The maximum absolute atomic E-state index is 12.7. The number of pyridine rings is 1. The van der Waals surface area contributed by atoms with E-state index < -0.39 is 5.60 Å². The van der Waals surface area contributed by atoms with E-state index in [-0.39, 0.29) is 17.6 Å². The first-order valence-corrected chi connectivity index (χ1v) is 10.6. The van der Waals surface area contributed by atoms with E-state index in [1.165, 1.54) is 13.3 Å². The molecule has 1 saturated heterocycles. The van der Waals surface area contributed by atoms with Gasteiger partial charge in [0.2, 0.25) is 0 Å². The Bertz CT molecular complexity index is 1200. The third-order valence-corrected chi connectivity index (χ3v) is 5.78. The molecule has 0 spiro atoms. The van der Waals surface area contributed by atoms with Gasteiger partial charge in [-0.15, -0.1) is 0 Å². The zero-order valence-electron chi connectivity index (χ0n) is 18.8. The van der Waals surface area contributed by atoms with Crippen LogP contribution in [-0.2, 0) is 0 Å². The molecule has 4 rings (SSSR count). The van der Waals surface area contributed by atoms with Crippen LogP contribution in [0.15, 0.2) is 36.7 Å². The maximum atomic E-state index is 12.7. The van der Waals surface area contributed by atoms with Gasteiger partial charge in [-0.3, -0.25) is 15.1 Å². The molecule has 3 aromatic rings. The number of aromatic nitrogens is 3. The van der Waals surface area contributed by atoms with Crippen molar-refractivity contribution < 1.29 is 19.4 Å². The van der Waals surface area contributed by atoms with Gasteiger partial charge in [0.25, 0.3) is 5.91 Å². The van der Waals surface area contributed by atoms with E-state index >= 15 is 0 Å². The van der Waals surface area contributed by atoms with Gasteiger partial charge < -0.3 is 20.1 Å².